The van der Waals surface area contributed by atoms with E-state index in [1.54, 1.807) is 18.2 Å². The van der Waals surface area contributed by atoms with Crippen molar-refractivity contribution in [2.24, 2.45) is 4.99 Å². The van der Waals surface area contributed by atoms with Crippen molar-refractivity contribution in [3.05, 3.63) is 17.7 Å². The predicted octanol–water partition coefficient (Wildman–Crippen LogP) is 1.73. The lowest BCUT2D eigenvalue weighted by Crippen LogP contribution is -2.04. The first kappa shape index (κ1) is 11.5. The Morgan fingerprint density at radius 3 is 2.53 bits per heavy atom. The van der Waals surface area contributed by atoms with Gasteiger partial charge in [0.25, 0.3) is 0 Å². The number of isocyanates is 1. The van der Waals surface area contributed by atoms with Crippen molar-refractivity contribution in [3.63, 3.8) is 0 Å². The number of carbonyl (C=O) groups excluding carboxylic acids is 1. The number of nitrogens with zero attached hydrogens (tertiary/aromatic N) is 1. The van der Waals surface area contributed by atoms with Gasteiger partial charge in [-0.1, -0.05) is 0 Å². The summed E-state index contributed by atoms with van der Waals surface area (Å²) in [6.07, 6.45) is 3.01. The zero-order chi connectivity index (χ0) is 12.5. The maximum atomic E-state index is 10.4. The molecule has 0 aromatic heterocycles. The first-order valence-corrected chi connectivity index (χ1v) is 5.22. The van der Waals surface area contributed by atoms with Crippen LogP contribution in [0, 0.1) is 0 Å². The third-order valence-electron chi connectivity index (χ3n) is 3.00. The molecule has 0 atom stereocenters. The number of hydrogen-bond acceptors (Lipinski definition) is 5. The molecule has 0 radical (unpaired) electrons. The molecule has 1 aliphatic carbocycles. The molecular weight excluding hydrogens is 222 g/mol. The average molecular weight is 235 g/mol. The van der Waals surface area contributed by atoms with Crippen LogP contribution in [0.5, 0.6) is 17.2 Å². The number of phenols is 1. The fourth-order valence-electron chi connectivity index (χ4n) is 1.93. The molecular formula is C12H13NO4. The van der Waals surface area contributed by atoms with E-state index in [-0.39, 0.29) is 11.5 Å². The average Bonchev–Trinajstić information content (AvgIpc) is 3.09. The Hall–Kier alpha value is -2.00. The molecule has 5 nitrogen and oxygen atoms in total. The van der Waals surface area contributed by atoms with Gasteiger partial charge in [-0.15, -0.1) is 0 Å². The SMILES string of the molecule is COc1ccc(C2(N=C=O)CC2)c(O)c1OC. The molecule has 0 amide bonds. The Balaban J connectivity index is 2.54. The van der Waals surface area contributed by atoms with Crippen molar-refractivity contribution < 1.29 is 19.4 Å². The molecule has 1 saturated carbocycles. The lowest BCUT2D eigenvalue weighted by molar-refractivity contribution is 0.329. The molecule has 0 unspecified atom stereocenters. The van der Waals surface area contributed by atoms with Crippen LogP contribution in [-0.2, 0) is 10.3 Å². The number of hydrogen-bond donors (Lipinski definition) is 1. The molecule has 1 N–H and O–H groups in total. The first-order valence-electron chi connectivity index (χ1n) is 5.22. The second-order valence-corrected chi connectivity index (χ2v) is 3.93. The van der Waals surface area contributed by atoms with Gasteiger partial charge >= 0.3 is 0 Å². The van der Waals surface area contributed by atoms with Crippen LogP contribution in [0.2, 0.25) is 0 Å². The summed E-state index contributed by atoms with van der Waals surface area (Å²) in [5.74, 6) is 0.681. The molecule has 17 heavy (non-hydrogen) atoms. The summed E-state index contributed by atoms with van der Waals surface area (Å²) in [4.78, 5) is 14.2. The largest absolute Gasteiger partial charge is 0.504 e. The summed E-state index contributed by atoms with van der Waals surface area (Å²) >= 11 is 0. The number of phenolic OH excluding ortho intramolecular Hbond substituents is 1. The monoisotopic (exact) mass is 235 g/mol. The molecule has 1 aliphatic rings. The minimum absolute atomic E-state index is 0.0247. The fourth-order valence-corrected chi connectivity index (χ4v) is 1.93. The lowest BCUT2D eigenvalue weighted by Gasteiger charge is -2.15. The van der Waals surface area contributed by atoms with Gasteiger partial charge in [0, 0.05) is 5.56 Å². The maximum Gasteiger partial charge on any atom is 0.235 e. The van der Waals surface area contributed by atoms with Crippen molar-refractivity contribution in [2.75, 3.05) is 14.2 Å². The molecule has 0 spiro atoms. The summed E-state index contributed by atoms with van der Waals surface area (Å²) in [5, 5.41) is 10.1. The molecule has 2 rings (SSSR count). The summed E-state index contributed by atoms with van der Waals surface area (Å²) < 4.78 is 10.2. The molecule has 1 aromatic carbocycles. The highest BCUT2D eigenvalue weighted by molar-refractivity contribution is 5.59. The van der Waals surface area contributed by atoms with Gasteiger partial charge in [-0.3, -0.25) is 0 Å². The van der Waals surface area contributed by atoms with E-state index in [0.717, 1.165) is 12.8 Å². The zero-order valence-electron chi connectivity index (χ0n) is 9.69. The highest BCUT2D eigenvalue weighted by Crippen LogP contribution is 2.55. The van der Waals surface area contributed by atoms with Crippen molar-refractivity contribution in [1.29, 1.82) is 0 Å². The second kappa shape index (κ2) is 4.11. The number of aromatic hydroxyl groups is 1. The van der Waals surface area contributed by atoms with Gasteiger partial charge < -0.3 is 14.6 Å². The fraction of sp³-hybridized carbons (Fsp3) is 0.417. The highest BCUT2D eigenvalue weighted by atomic mass is 16.5. The highest BCUT2D eigenvalue weighted by Gasteiger charge is 2.47. The minimum atomic E-state index is -0.620. The van der Waals surface area contributed by atoms with Crippen molar-refractivity contribution in [1.82, 2.24) is 0 Å². The van der Waals surface area contributed by atoms with Gasteiger partial charge in [0.1, 0.15) is 5.54 Å². The minimum Gasteiger partial charge on any atom is -0.504 e. The zero-order valence-corrected chi connectivity index (χ0v) is 9.69. The number of aliphatic imine (C=N–C) groups is 1. The third-order valence-corrected chi connectivity index (χ3v) is 3.00. The van der Waals surface area contributed by atoms with Crippen molar-refractivity contribution >= 4 is 6.08 Å². The van der Waals surface area contributed by atoms with E-state index in [2.05, 4.69) is 4.99 Å². The van der Waals surface area contributed by atoms with E-state index in [4.69, 9.17) is 9.47 Å². The normalized spacial score (nSPS) is 15.9. The van der Waals surface area contributed by atoms with Gasteiger partial charge in [0.2, 0.25) is 11.8 Å². The standard InChI is InChI=1S/C12H13NO4/c1-16-9-4-3-8(10(15)11(9)17-2)12(5-6-12)13-7-14/h3-4,15H,5-6H2,1-2H3. The van der Waals surface area contributed by atoms with E-state index in [1.165, 1.54) is 14.2 Å². The van der Waals surface area contributed by atoms with Gasteiger partial charge in [0.15, 0.2) is 11.5 Å². The third kappa shape index (κ3) is 1.74. The summed E-state index contributed by atoms with van der Waals surface area (Å²) in [6.45, 7) is 0. The van der Waals surface area contributed by atoms with Crippen LogP contribution in [0.4, 0.5) is 0 Å². The predicted molar refractivity (Wildman–Crippen MR) is 60.2 cm³/mol. The Bertz CT molecular complexity index is 488. The van der Waals surface area contributed by atoms with Crippen LogP contribution in [-0.4, -0.2) is 25.4 Å². The maximum absolute atomic E-state index is 10.4. The molecule has 0 heterocycles. The van der Waals surface area contributed by atoms with Crippen molar-refractivity contribution in [2.45, 2.75) is 18.4 Å². The topological polar surface area (TPSA) is 68.1 Å². The number of rotatable bonds is 4. The van der Waals surface area contributed by atoms with Crippen LogP contribution in [0.15, 0.2) is 17.1 Å². The Morgan fingerprint density at radius 2 is 2.06 bits per heavy atom. The number of ether oxygens (including phenoxy) is 2. The number of benzene rings is 1. The van der Waals surface area contributed by atoms with Crippen LogP contribution in [0.3, 0.4) is 0 Å². The molecule has 5 heteroatoms. The number of methoxy groups -OCH3 is 2. The van der Waals surface area contributed by atoms with Gasteiger partial charge in [0.05, 0.1) is 14.2 Å². The summed E-state index contributed by atoms with van der Waals surface area (Å²) in [6, 6.07) is 3.39. The van der Waals surface area contributed by atoms with Crippen LogP contribution < -0.4 is 9.47 Å². The quantitative estimate of drug-likeness (QED) is 0.637. The van der Waals surface area contributed by atoms with Crippen LogP contribution in [0.25, 0.3) is 0 Å². The Kier molecular flexibility index (Phi) is 2.77. The Morgan fingerprint density at radius 1 is 1.35 bits per heavy atom. The molecule has 1 aromatic rings. The summed E-state index contributed by atoms with van der Waals surface area (Å²) in [5.41, 5.74) is -0.0377. The van der Waals surface area contributed by atoms with E-state index >= 15 is 0 Å². The Labute approximate surface area is 98.7 Å². The molecule has 0 bridgehead atoms. The molecule has 90 valence electrons. The van der Waals surface area contributed by atoms with Crippen LogP contribution in [0.1, 0.15) is 18.4 Å². The first-order chi connectivity index (χ1) is 8.18. The molecule has 0 aliphatic heterocycles. The molecule has 1 fully saturated rings. The van der Waals surface area contributed by atoms with Crippen LogP contribution >= 0.6 is 0 Å². The smallest absolute Gasteiger partial charge is 0.235 e. The van der Waals surface area contributed by atoms with E-state index < -0.39 is 5.54 Å². The van der Waals surface area contributed by atoms with Gasteiger partial charge in [-0.05, 0) is 25.0 Å². The van der Waals surface area contributed by atoms with Gasteiger partial charge in [-0.25, -0.2) is 4.79 Å². The summed E-state index contributed by atoms with van der Waals surface area (Å²) in [7, 11) is 2.94. The van der Waals surface area contributed by atoms with E-state index in [0.29, 0.717) is 11.3 Å². The second-order valence-electron chi connectivity index (χ2n) is 3.93. The van der Waals surface area contributed by atoms with E-state index in [1.807, 2.05) is 0 Å². The van der Waals surface area contributed by atoms with E-state index in [9.17, 15) is 9.90 Å². The van der Waals surface area contributed by atoms with Gasteiger partial charge in [-0.2, -0.15) is 4.99 Å². The lowest BCUT2D eigenvalue weighted by atomic mass is 10.0. The molecule has 0 saturated heterocycles. The van der Waals surface area contributed by atoms with Crippen molar-refractivity contribution in [3.8, 4) is 17.2 Å².